The quantitative estimate of drug-likeness (QED) is 0.648. The Morgan fingerprint density at radius 2 is 1.50 bits per heavy atom. The van der Waals surface area contributed by atoms with Crippen molar-refractivity contribution < 1.29 is 25.2 Å². The first-order chi connectivity index (χ1) is 10.4. The molecule has 0 aliphatic carbocycles. The first-order valence-corrected chi connectivity index (χ1v) is 6.48. The Morgan fingerprint density at radius 1 is 0.955 bits per heavy atom. The van der Waals surface area contributed by atoms with Gasteiger partial charge < -0.3 is 20.4 Å². The SMILES string of the molecule is C/C(=N\C(C(=O)O)c1ccccc1O)c1c(O)cccc1O. The van der Waals surface area contributed by atoms with E-state index in [1.54, 1.807) is 12.1 Å². The van der Waals surface area contributed by atoms with Gasteiger partial charge in [0.2, 0.25) is 0 Å². The lowest BCUT2D eigenvalue weighted by atomic mass is 10.0. The Morgan fingerprint density at radius 3 is 2.05 bits per heavy atom. The van der Waals surface area contributed by atoms with Crippen LogP contribution in [-0.4, -0.2) is 32.1 Å². The van der Waals surface area contributed by atoms with E-state index in [0.29, 0.717) is 0 Å². The summed E-state index contributed by atoms with van der Waals surface area (Å²) in [7, 11) is 0. The molecule has 114 valence electrons. The second-order valence-electron chi connectivity index (χ2n) is 4.69. The molecule has 0 aromatic heterocycles. The molecule has 1 unspecified atom stereocenters. The number of hydrogen-bond donors (Lipinski definition) is 4. The minimum atomic E-state index is -1.35. The van der Waals surface area contributed by atoms with Crippen LogP contribution in [0.3, 0.4) is 0 Å². The van der Waals surface area contributed by atoms with E-state index in [9.17, 15) is 25.2 Å². The third kappa shape index (κ3) is 3.01. The Kier molecular flexibility index (Phi) is 4.31. The van der Waals surface area contributed by atoms with E-state index < -0.39 is 12.0 Å². The minimum Gasteiger partial charge on any atom is -0.508 e. The zero-order chi connectivity index (χ0) is 16.3. The normalized spacial score (nSPS) is 12.9. The molecule has 22 heavy (non-hydrogen) atoms. The van der Waals surface area contributed by atoms with E-state index >= 15 is 0 Å². The zero-order valence-corrected chi connectivity index (χ0v) is 11.8. The molecule has 2 aromatic rings. The fourth-order valence-electron chi connectivity index (χ4n) is 2.13. The number of phenolic OH excluding ortho intramolecular Hbond substituents is 3. The topological polar surface area (TPSA) is 110 Å². The highest BCUT2D eigenvalue weighted by Gasteiger charge is 2.23. The van der Waals surface area contributed by atoms with Gasteiger partial charge in [-0.05, 0) is 25.1 Å². The molecule has 0 bridgehead atoms. The summed E-state index contributed by atoms with van der Waals surface area (Å²) in [6, 6.07) is 8.83. The monoisotopic (exact) mass is 301 g/mol. The number of aliphatic imine (C=N–C) groups is 1. The summed E-state index contributed by atoms with van der Waals surface area (Å²) < 4.78 is 0. The summed E-state index contributed by atoms with van der Waals surface area (Å²) in [4.78, 5) is 15.5. The fourth-order valence-corrected chi connectivity index (χ4v) is 2.13. The van der Waals surface area contributed by atoms with Gasteiger partial charge in [0.1, 0.15) is 17.2 Å². The smallest absolute Gasteiger partial charge is 0.333 e. The lowest BCUT2D eigenvalue weighted by Crippen LogP contribution is -2.12. The Labute approximate surface area is 126 Å². The molecule has 0 saturated heterocycles. The summed E-state index contributed by atoms with van der Waals surface area (Å²) in [5, 5.41) is 38.7. The van der Waals surface area contributed by atoms with Crippen molar-refractivity contribution in [1.82, 2.24) is 0 Å². The average Bonchev–Trinajstić information content (AvgIpc) is 2.45. The highest BCUT2D eigenvalue weighted by Crippen LogP contribution is 2.31. The molecule has 6 heteroatoms. The van der Waals surface area contributed by atoms with Gasteiger partial charge in [-0.2, -0.15) is 0 Å². The van der Waals surface area contributed by atoms with Gasteiger partial charge >= 0.3 is 5.97 Å². The van der Waals surface area contributed by atoms with Crippen LogP contribution in [0.1, 0.15) is 24.1 Å². The van der Waals surface area contributed by atoms with E-state index in [4.69, 9.17) is 0 Å². The van der Waals surface area contributed by atoms with Gasteiger partial charge in [0, 0.05) is 11.3 Å². The predicted molar refractivity (Wildman–Crippen MR) is 80.5 cm³/mol. The van der Waals surface area contributed by atoms with Crippen LogP contribution >= 0.6 is 0 Å². The van der Waals surface area contributed by atoms with Gasteiger partial charge in [0.25, 0.3) is 0 Å². The molecular formula is C16H15NO5. The molecule has 2 aromatic carbocycles. The molecule has 0 radical (unpaired) electrons. The second kappa shape index (κ2) is 6.17. The number of carbonyl (C=O) groups is 1. The van der Waals surface area contributed by atoms with Crippen LogP contribution in [0.4, 0.5) is 0 Å². The highest BCUT2D eigenvalue weighted by molar-refractivity contribution is 6.04. The summed E-state index contributed by atoms with van der Waals surface area (Å²) in [6.07, 6.45) is 0. The van der Waals surface area contributed by atoms with E-state index in [-0.39, 0.29) is 34.1 Å². The lowest BCUT2D eigenvalue weighted by molar-refractivity contribution is -0.138. The fraction of sp³-hybridized carbons (Fsp3) is 0.125. The van der Waals surface area contributed by atoms with E-state index in [0.717, 1.165) is 0 Å². The Balaban J connectivity index is 2.52. The van der Waals surface area contributed by atoms with Crippen molar-refractivity contribution in [2.24, 2.45) is 4.99 Å². The maximum atomic E-state index is 11.4. The minimum absolute atomic E-state index is 0.0594. The standard InChI is InChI=1S/C16H15NO5/c1-9(14-12(19)7-4-8-13(14)20)17-15(16(21)22)10-5-2-3-6-11(10)18/h2-8,15,18-20H,1H3,(H,21,22)/b17-9+. The number of carboxylic acids is 1. The number of rotatable bonds is 4. The van der Waals surface area contributed by atoms with Crippen LogP contribution < -0.4 is 0 Å². The number of para-hydroxylation sites is 1. The Hall–Kier alpha value is -3.02. The second-order valence-corrected chi connectivity index (χ2v) is 4.69. The summed E-state index contributed by atoms with van der Waals surface area (Å²) in [5.74, 6) is -1.85. The van der Waals surface area contributed by atoms with Crippen molar-refractivity contribution in [3.8, 4) is 17.2 Å². The largest absolute Gasteiger partial charge is 0.508 e. The van der Waals surface area contributed by atoms with E-state index in [1.807, 2.05) is 0 Å². The molecule has 0 saturated carbocycles. The average molecular weight is 301 g/mol. The summed E-state index contributed by atoms with van der Waals surface area (Å²) in [5.41, 5.74) is 0.333. The van der Waals surface area contributed by atoms with E-state index in [1.165, 1.54) is 37.3 Å². The molecule has 1 atom stereocenters. The summed E-state index contributed by atoms with van der Waals surface area (Å²) >= 11 is 0. The maximum Gasteiger partial charge on any atom is 0.333 e. The van der Waals surface area contributed by atoms with Crippen molar-refractivity contribution in [2.75, 3.05) is 0 Å². The molecule has 0 spiro atoms. The van der Waals surface area contributed by atoms with Gasteiger partial charge in [-0.25, -0.2) is 4.79 Å². The zero-order valence-electron chi connectivity index (χ0n) is 11.8. The van der Waals surface area contributed by atoms with Crippen molar-refractivity contribution in [3.63, 3.8) is 0 Å². The van der Waals surface area contributed by atoms with Crippen molar-refractivity contribution in [3.05, 3.63) is 53.6 Å². The Bertz CT molecular complexity index is 719. The molecular weight excluding hydrogens is 286 g/mol. The number of aromatic hydroxyl groups is 3. The van der Waals surface area contributed by atoms with E-state index in [2.05, 4.69) is 4.99 Å². The lowest BCUT2D eigenvalue weighted by Gasteiger charge is -2.13. The third-order valence-electron chi connectivity index (χ3n) is 3.17. The maximum absolute atomic E-state index is 11.4. The number of benzene rings is 2. The van der Waals surface area contributed by atoms with Crippen LogP contribution in [0.25, 0.3) is 0 Å². The number of aliphatic carboxylic acids is 1. The first-order valence-electron chi connectivity index (χ1n) is 6.48. The van der Waals surface area contributed by atoms with Crippen molar-refractivity contribution in [2.45, 2.75) is 13.0 Å². The molecule has 0 aliphatic heterocycles. The highest BCUT2D eigenvalue weighted by atomic mass is 16.4. The molecule has 4 N–H and O–H groups in total. The van der Waals surface area contributed by atoms with Crippen LogP contribution in [0.15, 0.2) is 47.5 Å². The van der Waals surface area contributed by atoms with Crippen molar-refractivity contribution in [1.29, 1.82) is 0 Å². The van der Waals surface area contributed by atoms with Crippen LogP contribution in [0.5, 0.6) is 17.2 Å². The van der Waals surface area contributed by atoms with Crippen LogP contribution in [-0.2, 0) is 4.79 Å². The number of hydrogen-bond acceptors (Lipinski definition) is 5. The molecule has 0 heterocycles. The van der Waals surface area contributed by atoms with Gasteiger partial charge in [-0.3, -0.25) is 4.99 Å². The van der Waals surface area contributed by atoms with Gasteiger partial charge in [-0.15, -0.1) is 0 Å². The number of carboxylic acid groups (broad SMARTS) is 1. The van der Waals surface area contributed by atoms with Crippen LogP contribution in [0, 0.1) is 0 Å². The van der Waals surface area contributed by atoms with Crippen LogP contribution in [0.2, 0.25) is 0 Å². The molecule has 0 fully saturated rings. The number of phenols is 3. The molecule has 2 rings (SSSR count). The van der Waals surface area contributed by atoms with Gasteiger partial charge in [-0.1, -0.05) is 24.3 Å². The van der Waals surface area contributed by atoms with Gasteiger partial charge in [0.15, 0.2) is 6.04 Å². The van der Waals surface area contributed by atoms with Gasteiger partial charge in [0.05, 0.1) is 5.56 Å². The number of nitrogens with zero attached hydrogens (tertiary/aromatic N) is 1. The van der Waals surface area contributed by atoms with Crippen molar-refractivity contribution >= 4 is 11.7 Å². The molecule has 6 nitrogen and oxygen atoms in total. The first kappa shape index (κ1) is 15.4. The molecule has 0 aliphatic rings. The third-order valence-corrected chi connectivity index (χ3v) is 3.17. The molecule has 0 amide bonds. The summed E-state index contributed by atoms with van der Waals surface area (Å²) in [6.45, 7) is 1.48. The predicted octanol–water partition coefficient (Wildman–Crippen LogP) is 2.44.